The van der Waals surface area contributed by atoms with Gasteiger partial charge in [0, 0.05) is 25.7 Å². The van der Waals surface area contributed by atoms with E-state index in [1.54, 1.807) is 6.92 Å². The molecule has 0 saturated carbocycles. The van der Waals surface area contributed by atoms with Crippen LogP contribution in [0.1, 0.15) is 26.2 Å². The van der Waals surface area contributed by atoms with E-state index in [1.165, 1.54) is 17.4 Å². The van der Waals surface area contributed by atoms with Gasteiger partial charge in [-0.15, -0.1) is 11.3 Å². The molecule has 3 rings (SSSR count). The Morgan fingerprint density at radius 3 is 2.62 bits per heavy atom. The summed E-state index contributed by atoms with van der Waals surface area (Å²) in [5.74, 6) is -0.127. The van der Waals surface area contributed by atoms with Crippen LogP contribution < -0.4 is 0 Å². The number of piperazine rings is 1. The van der Waals surface area contributed by atoms with Crippen molar-refractivity contribution in [2.24, 2.45) is 0 Å². The predicted molar refractivity (Wildman–Crippen MR) is 93.4 cm³/mol. The van der Waals surface area contributed by atoms with Gasteiger partial charge in [-0.3, -0.25) is 14.9 Å². The molecule has 24 heavy (non-hydrogen) atoms. The lowest BCUT2D eigenvalue weighted by atomic mass is 10.0. The third-order valence-electron chi connectivity index (χ3n) is 4.33. The normalized spacial score (nSPS) is 18.6. The van der Waals surface area contributed by atoms with E-state index < -0.39 is 4.92 Å². The molecule has 126 valence electrons. The summed E-state index contributed by atoms with van der Waals surface area (Å²) in [6.07, 6.45) is 0. The van der Waals surface area contributed by atoms with E-state index in [2.05, 4.69) is 4.90 Å². The Labute approximate surface area is 144 Å². The summed E-state index contributed by atoms with van der Waals surface area (Å²) in [4.78, 5) is 28.6. The lowest BCUT2D eigenvalue weighted by Crippen LogP contribution is -2.49. The number of carbonyl (C=O) groups excluding carboxylic acids is 1. The highest BCUT2D eigenvalue weighted by Crippen LogP contribution is 2.32. The van der Waals surface area contributed by atoms with Crippen molar-refractivity contribution >= 4 is 22.9 Å². The van der Waals surface area contributed by atoms with Gasteiger partial charge < -0.3 is 9.80 Å². The number of thiophene rings is 1. The van der Waals surface area contributed by atoms with Gasteiger partial charge in [-0.05, 0) is 19.5 Å². The maximum absolute atomic E-state index is 13.0. The van der Waals surface area contributed by atoms with Crippen molar-refractivity contribution in [3.63, 3.8) is 0 Å². The van der Waals surface area contributed by atoms with Crippen molar-refractivity contribution in [3.05, 3.63) is 61.8 Å². The van der Waals surface area contributed by atoms with Gasteiger partial charge in [-0.25, -0.2) is 0 Å². The molecule has 1 aliphatic heterocycles. The number of aryl methyl sites for hydroxylation is 1. The number of hydrogen-bond donors (Lipinski definition) is 0. The quantitative estimate of drug-likeness (QED) is 0.633. The minimum Gasteiger partial charge on any atom is -0.328 e. The second-order valence-corrected chi connectivity index (χ2v) is 7.25. The summed E-state index contributed by atoms with van der Waals surface area (Å²) < 4.78 is 0. The van der Waals surface area contributed by atoms with Crippen LogP contribution in [0.4, 0.5) is 5.69 Å². The van der Waals surface area contributed by atoms with Crippen LogP contribution in [0.15, 0.2) is 36.4 Å². The van der Waals surface area contributed by atoms with Gasteiger partial charge in [0.05, 0.1) is 20.7 Å². The fraction of sp³-hybridized carbons (Fsp3) is 0.353. The van der Waals surface area contributed by atoms with E-state index in [1.807, 2.05) is 42.3 Å². The number of carbonyl (C=O) groups is 1. The highest BCUT2D eigenvalue weighted by molar-refractivity contribution is 7.14. The Morgan fingerprint density at radius 2 is 2.00 bits per heavy atom. The maximum atomic E-state index is 13.0. The standard InChI is InChI=1S/C17H19N3O3S/c1-12-14(20(22)23)10-16(24-12)17(21)19-9-8-18(2)11-15(19)13-6-4-3-5-7-13/h3-7,10,15H,8-9,11H2,1-2H3/t15-/m1/s1. The van der Waals surface area contributed by atoms with Crippen LogP contribution in [0, 0.1) is 17.0 Å². The number of nitro groups is 1. The Kier molecular flexibility index (Phi) is 4.64. The van der Waals surface area contributed by atoms with Crippen molar-refractivity contribution in [1.82, 2.24) is 9.80 Å². The fourth-order valence-electron chi connectivity index (χ4n) is 3.02. The summed E-state index contributed by atoms with van der Waals surface area (Å²) in [6, 6.07) is 11.3. The summed E-state index contributed by atoms with van der Waals surface area (Å²) >= 11 is 1.20. The van der Waals surface area contributed by atoms with Crippen LogP contribution in [-0.4, -0.2) is 47.3 Å². The molecule has 0 radical (unpaired) electrons. The Hall–Kier alpha value is -2.25. The average Bonchev–Trinajstić information content (AvgIpc) is 2.97. The van der Waals surface area contributed by atoms with Crippen molar-refractivity contribution < 1.29 is 9.72 Å². The molecule has 6 nitrogen and oxygen atoms in total. The lowest BCUT2D eigenvalue weighted by Gasteiger charge is -2.40. The number of rotatable bonds is 3. The summed E-state index contributed by atoms with van der Waals surface area (Å²) in [5.41, 5.74) is 1.11. The lowest BCUT2D eigenvalue weighted by molar-refractivity contribution is -0.385. The molecule has 1 atom stereocenters. The molecule has 1 aliphatic rings. The molecule has 1 fully saturated rings. The van der Waals surface area contributed by atoms with Gasteiger partial charge in [-0.1, -0.05) is 30.3 Å². The molecule has 0 aliphatic carbocycles. The SMILES string of the molecule is Cc1sc(C(=O)N2CCN(C)C[C@@H]2c2ccccc2)cc1[N+](=O)[O-]. The maximum Gasteiger partial charge on any atom is 0.283 e. The first-order valence-corrected chi connectivity index (χ1v) is 8.58. The molecule has 1 aromatic carbocycles. The molecule has 1 amide bonds. The van der Waals surface area contributed by atoms with Gasteiger partial charge >= 0.3 is 0 Å². The van der Waals surface area contributed by atoms with Crippen LogP contribution in [0.2, 0.25) is 0 Å². The highest BCUT2D eigenvalue weighted by Gasteiger charge is 2.32. The molecule has 0 bridgehead atoms. The van der Waals surface area contributed by atoms with E-state index in [0.717, 1.165) is 18.7 Å². The molecule has 0 unspecified atom stereocenters. The summed E-state index contributed by atoms with van der Waals surface area (Å²) in [6.45, 7) is 3.83. The molecule has 1 saturated heterocycles. The molecule has 2 aromatic rings. The number of nitrogens with zero attached hydrogens (tertiary/aromatic N) is 3. The minimum absolute atomic E-state index is 0.0220. The zero-order valence-electron chi connectivity index (χ0n) is 13.6. The van der Waals surface area contributed by atoms with Crippen LogP contribution in [0.25, 0.3) is 0 Å². The van der Waals surface area contributed by atoms with Crippen LogP contribution in [0.3, 0.4) is 0 Å². The zero-order valence-corrected chi connectivity index (χ0v) is 14.5. The van der Waals surface area contributed by atoms with E-state index in [-0.39, 0.29) is 17.6 Å². The molecule has 2 heterocycles. The second-order valence-electron chi connectivity index (χ2n) is 6.00. The Bertz CT molecular complexity index is 760. The third-order valence-corrected chi connectivity index (χ3v) is 5.36. The topological polar surface area (TPSA) is 66.7 Å². The largest absolute Gasteiger partial charge is 0.328 e. The van der Waals surface area contributed by atoms with Gasteiger partial charge in [0.25, 0.3) is 11.6 Å². The predicted octanol–water partition coefficient (Wildman–Crippen LogP) is 3.09. The minimum atomic E-state index is -0.429. The molecular weight excluding hydrogens is 326 g/mol. The van der Waals surface area contributed by atoms with Crippen molar-refractivity contribution in [2.45, 2.75) is 13.0 Å². The van der Waals surface area contributed by atoms with E-state index in [9.17, 15) is 14.9 Å². The van der Waals surface area contributed by atoms with E-state index >= 15 is 0 Å². The summed E-state index contributed by atoms with van der Waals surface area (Å²) in [5, 5.41) is 11.0. The highest BCUT2D eigenvalue weighted by atomic mass is 32.1. The van der Waals surface area contributed by atoms with Gasteiger partial charge in [0.15, 0.2) is 0 Å². The van der Waals surface area contributed by atoms with Gasteiger partial charge in [0.2, 0.25) is 0 Å². The van der Waals surface area contributed by atoms with Crippen LogP contribution >= 0.6 is 11.3 Å². The molecule has 7 heteroatoms. The van der Waals surface area contributed by atoms with E-state index in [4.69, 9.17) is 0 Å². The third kappa shape index (κ3) is 3.18. The first-order chi connectivity index (χ1) is 11.5. The smallest absolute Gasteiger partial charge is 0.283 e. The van der Waals surface area contributed by atoms with E-state index in [0.29, 0.717) is 16.3 Å². The second kappa shape index (κ2) is 6.70. The monoisotopic (exact) mass is 345 g/mol. The Morgan fingerprint density at radius 1 is 1.29 bits per heavy atom. The number of hydrogen-bond acceptors (Lipinski definition) is 5. The first kappa shape index (κ1) is 16.6. The average molecular weight is 345 g/mol. The van der Waals surface area contributed by atoms with Crippen molar-refractivity contribution in [1.29, 1.82) is 0 Å². The van der Waals surface area contributed by atoms with Gasteiger partial charge in [-0.2, -0.15) is 0 Å². The first-order valence-electron chi connectivity index (χ1n) is 7.76. The summed E-state index contributed by atoms with van der Waals surface area (Å²) in [7, 11) is 2.04. The van der Waals surface area contributed by atoms with Crippen LogP contribution in [0.5, 0.6) is 0 Å². The molecular formula is C17H19N3O3S. The molecule has 0 N–H and O–H groups in total. The number of likely N-dealkylation sites (N-methyl/N-ethyl adjacent to an activating group) is 1. The van der Waals surface area contributed by atoms with Crippen molar-refractivity contribution in [3.8, 4) is 0 Å². The van der Waals surface area contributed by atoms with Crippen molar-refractivity contribution in [2.75, 3.05) is 26.7 Å². The van der Waals surface area contributed by atoms with Crippen LogP contribution in [-0.2, 0) is 0 Å². The fourth-order valence-corrected chi connectivity index (χ4v) is 3.97. The zero-order chi connectivity index (χ0) is 17.3. The van der Waals surface area contributed by atoms with Gasteiger partial charge in [0.1, 0.15) is 0 Å². The molecule has 0 spiro atoms. The number of amides is 1. The Balaban J connectivity index is 1.92. The number of benzene rings is 1. The molecule has 1 aromatic heterocycles.